The van der Waals surface area contributed by atoms with Crippen LogP contribution in [0.15, 0.2) is 0 Å². The predicted octanol–water partition coefficient (Wildman–Crippen LogP) is -0.0145. The van der Waals surface area contributed by atoms with Gasteiger partial charge in [0.1, 0.15) is 0 Å². The maximum absolute atomic E-state index is 9.59. The molecule has 3 nitrogen and oxygen atoms in total. The van der Waals surface area contributed by atoms with Gasteiger partial charge in [0.05, 0.1) is 5.75 Å². The van der Waals surface area contributed by atoms with Gasteiger partial charge in [-0.15, -0.1) is 11.6 Å². The normalized spacial score (nSPS) is 11.7. The van der Waals surface area contributed by atoms with Crippen LogP contribution in [-0.2, 0) is 14.7 Å². The van der Waals surface area contributed by atoms with E-state index in [-0.39, 0.29) is 5.88 Å². The molecule has 0 aromatic carbocycles. The lowest BCUT2D eigenvalue weighted by Gasteiger charge is -1.81. The van der Waals surface area contributed by atoms with Crippen molar-refractivity contribution < 1.29 is 13.0 Å². The van der Waals surface area contributed by atoms with Crippen LogP contribution in [0.5, 0.6) is 0 Å². The second-order valence-corrected chi connectivity index (χ2v) is 2.85. The van der Waals surface area contributed by atoms with E-state index in [1.165, 1.54) is 0 Å². The number of hydrogen-bond acceptors (Lipinski definition) is 2. The predicted molar refractivity (Wildman–Crippen MR) is 25.2 cm³/mol. The van der Waals surface area contributed by atoms with Crippen LogP contribution in [-0.4, -0.2) is 20.1 Å². The van der Waals surface area contributed by atoms with E-state index >= 15 is 0 Å². The topological polar surface area (TPSA) is 54.0 Å². The van der Waals surface area contributed by atoms with Crippen LogP contribution in [0.25, 0.3) is 0 Å². The van der Waals surface area contributed by atoms with Gasteiger partial charge in [-0.25, -0.2) is 0 Å². The Balaban J connectivity index is 3.60. The molecule has 0 saturated heterocycles. The molecule has 0 aliphatic rings. The smallest absolute Gasteiger partial charge is 0.197 e. The summed E-state index contributed by atoms with van der Waals surface area (Å²) in [4.78, 5) is 0. The lowest BCUT2D eigenvalue weighted by atomic mass is 11.0. The van der Waals surface area contributed by atoms with Gasteiger partial charge in [-0.3, -0.25) is 0 Å². The van der Waals surface area contributed by atoms with Crippen molar-refractivity contribution in [3.63, 3.8) is 0 Å². The van der Waals surface area contributed by atoms with Crippen LogP contribution in [0.3, 0.4) is 0 Å². The minimum atomic E-state index is -4.06. The van der Waals surface area contributed by atoms with Gasteiger partial charge >= 0.3 is 0 Å². The van der Waals surface area contributed by atoms with Crippen molar-refractivity contribution >= 4 is 21.7 Å². The van der Waals surface area contributed by atoms with E-state index in [1.54, 1.807) is 0 Å². The van der Waals surface area contributed by atoms with E-state index in [0.29, 0.717) is 0 Å². The molecule has 0 aromatic heterocycles. The van der Waals surface area contributed by atoms with Crippen molar-refractivity contribution in [3.05, 3.63) is 0 Å². The monoisotopic (exact) mass is 143 g/mol. The van der Waals surface area contributed by atoms with Gasteiger partial charge in [0.2, 0.25) is 0 Å². The molecule has 0 unspecified atom stereocenters. The molecule has 0 heterocycles. The quantitative estimate of drug-likeness (QED) is 0.511. The fraction of sp³-hybridized carbons (Fsp3) is 1.00. The van der Waals surface area contributed by atoms with E-state index < -0.39 is 15.9 Å². The SMILES string of the molecule is [O]S(=O)(=O)CCCl. The molecule has 0 bridgehead atoms. The molecule has 0 aliphatic heterocycles. The average molecular weight is 144 g/mol. The van der Waals surface area contributed by atoms with Crippen molar-refractivity contribution in [1.82, 2.24) is 0 Å². The van der Waals surface area contributed by atoms with Crippen molar-refractivity contribution in [2.24, 2.45) is 0 Å². The molecule has 0 atom stereocenters. The highest BCUT2D eigenvalue weighted by atomic mass is 35.5. The van der Waals surface area contributed by atoms with Crippen molar-refractivity contribution in [1.29, 1.82) is 0 Å². The van der Waals surface area contributed by atoms with Crippen molar-refractivity contribution in [2.75, 3.05) is 11.6 Å². The fourth-order valence-electron chi connectivity index (χ4n) is 0.0945. The first-order chi connectivity index (χ1) is 3.06. The van der Waals surface area contributed by atoms with Gasteiger partial charge < -0.3 is 0 Å². The number of halogens is 1. The summed E-state index contributed by atoms with van der Waals surface area (Å²) in [5.41, 5.74) is 0. The van der Waals surface area contributed by atoms with Crippen LogP contribution in [0.1, 0.15) is 0 Å². The second kappa shape index (κ2) is 2.49. The highest BCUT2D eigenvalue weighted by Gasteiger charge is 2.02. The third-order valence-electron chi connectivity index (χ3n) is 0.327. The molecule has 0 fully saturated rings. The third-order valence-corrected chi connectivity index (χ3v) is 1.44. The Morgan fingerprint density at radius 2 is 1.86 bits per heavy atom. The molecule has 5 heteroatoms. The maximum atomic E-state index is 9.59. The van der Waals surface area contributed by atoms with E-state index in [1.807, 2.05) is 0 Å². The van der Waals surface area contributed by atoms with Crippen molar-refractivity contribution in [3.8, 4) is 0 Å². The Hall–Kier alpha value is 0.200. The first-order valence-corrected chi connectivity index (χ1v) is 3.67. The Bertz CT molecular complexity index is 126. The summed E-state index contributed by atoms with van der Waals surface area (Å²) >= 11 is 4.91. The standard InChI is InChI=1S/C2H4ClO3S/c3-1-2-7(4,5)6/h1-2H2. The zero-order valence-electron chi connectivity index (χ0n) is 3.43. The van der Waals surface area contributed by atoms with Gasteiger partial charge in [-0.1, -0.05) is 4.55 Å². The third kappa shape index (κ3) is 6.20. The highest BCUT2D eigenvalue weighted by Crippen LogP contribution is 1.83. The lowest BCUT2D eigenvalue weighted by Crippen LogP contribution is -2.02. The number of rotatable bonds is 2. The van der Waals surface area contributed by atoms with Crippen LogP contribution in [0.2, 0.25) is 0 Å². The zero-order valence-corrected chi connectivity index (χ0v) is 5.00. The summed E-state index contributed by atoms with van der Waals surface area (Å²) < 4.78 is 28.8. The lowest BCUT2D eigenvalue weighted by molar-refractivity contribution is 0.416. The minimum absolute atomic E-state index is 0.119. The Kier molecular flexibility index (Phi) is 2.56. The van der Waals surface area contributed by atoms with Crippen LogP contribution in [0, 0.1) is 0 Å². The van der Waals surface area contributed by atoms with Crippen LogP contribution < -0.4 is 0 Å². The van der Waals surface area contributed by atoms with Crippen molar-refractivity contribution in [2.45, 2.75) is 0 Å². The van der Waals surface area contributed by atoms with E-state index in [4.69, 9.17) is 11.6 Å². The van der Waals surface area contributed by atoms with Gasteiger partial charge in [-0.2, -0.15) is 8.42 Å². The molecule has 0 spiro atoms. The zero-order chi connectivity index (χ0) is 5.91. The Labute approximate surface area is 47.0 Å². The summed E-state index contributed by atoms with van der Waals surface area (Å²) in [6.45, 7) is 0. The van der Waals surface area contributed by atoms with E-state index in [0.717, 1.165) is 0 Å². The van der Waals surface area contributed by atoms with E-state index in [2.05, 4.69) is 0 Å². The molecule has 0 aromatic rings. The average Bonchev–Trinajstić information content (AvgIpc) is 1.30. The largest absolute Gasteiger partial charge is 0.295 e. The molecule has 0 N–H and O–H groups in total. The van der Waals surface area contributed by atoms with E-state index in [9.17, 15) is 13.0 Å². The first-order valence-electron chi connectivity index (χ1n) is 1.56. The van der Waals surface area contributed by atoms with Gasteiger partial charge in [-0.05, 0) is 0 Å². The second-order valence-electron chi connectivity index (χ2n) is 0.951. The molecule has 0 saturated carbocycles. The summed E-state index contributed by atoms with van der Waals surface area (Å²) in [5.74, 6) is -0.597. The molecule has 0 aliphatic carbocycles. The Morgan fingerprint density at radius 3 is 1.86 bits per heavy atom. The summed E-state index contributed by atoms with van der Waals surface area (Å²) in [7, 11) is -4.06. The summed E-state index contributed by atoms with van der Waals surface area (Å²) in [6, 6.07) is 0. The summed E-state index contributed by atoms with van der Waals surface area (Å²) in [6.07, 6.45) is 0. The minimum Gasteiger partial charge on any atom is -0.197 e. The van der Waals surface area contributed by atoms with Gasteiger partial charge in [0.15, 0.2) is 0 Å². The molecular formula is C2H4ClO3S. The van der Waals surface area contributed by atoms with Crippen LogP contribution in [0.4, 0.5) is 0 Å². The van der Waals surface area contributed by atoms with Crippen LogP contribution >= 0.6 is 11.6 Å². The molecule has 43 valence electrons. The molecular weight excluding hydrogens is 140 g/mol. The maximum Gasteiger partial charge on any atom is 0.295 e. The first kappa shape index (κ1) is 7.20. The highest BCUT2D eigenvalue weighted by molar-refractivity contribution is 7.85. The number of alkyl halides is 1. The van der Waals surface area contributed by atoms with Gasteiger partial charge in [0, 0.05) is 5.88 Å². The molecule has 7 heavy (non-hydrogen) atoms. The fourth-order valence-corrected chi connectivity index (χ4v) is 0.850. The Morgan fingerprint density at radius 1 is 1.43 bits per heavy atom. The molecule has 0 amide bonds. The molecule has 0 rings (SSSR count). The number of hydrogen-bond donors (Lipinski definition) is 0. The van der Waals surface area contributed by atoms with Gasteiger partial charge in [0.25, 0.3) is 10.1 Å². The molecule has 1 radical (unpaired) electrons. The summed E-state index contributed by atoms with van der Waals surface area (Å²) in [5, 5.41) is 0.